The third kappa shape index (κ3) is 4.01. The Kier molecular flexibility index (Phi) is 5.85. The summed E-state index contributed by atoms with van der Waals surface area (Å²) in [5.41, 5.74) is 0.586. The van der Waals surface area contributed by atoms with Crippen LogP contribution in [0.1, 0.15) is 22.2 Å². The Morgan fingerprint density at radius 3 is 2.64 bits per heavy atom. The van der Waals surface area contributed by atoms with Crippen LogP contribution in [0.5, 0.6) is 11.5 Å². The van der Waals surface area contributed by atoms with E-state index in [0.29, 0.717) is 30.2 Å². The van der Waals surface area contributed by atoms with Crippen LogP contribution in [0.3, 0.4) is 0 Å². The molecule has 0 saturated heterocycles. The van der Waals surface area contributed by atoms with Crippen LogP contribution in [-0.4, -0.2) is 31.6 Å². The first-order valence-corrected chi connectivity index (χ1v) is 8.46. The molecule has 118 valence electrons. The molecule has 1 heterocycles. The minimum absolute atomic E-state index is 0.0480. The first-order valence-electron chi connectivity index (χ1n) is 6.85. The van der Waals surface area contributed by atoms with Crippen molar-refractivity contribution in [3.63, 3.8) is 0 Å². The summed E-state index contributed by atoms with van der Waals surface area (Å²) in [6.45, 7) is 2.99. The van der Waals surface area contributed by atoms with Crippen LogP contribution >= 0.6 is 27.3 Å². The van der Waals surface area contributed by atoms with Crippen molar-refractivity contribution in [2.24, 2.45) is 0 Å². The van der Waals surface area contributed by atoms with Gasteiger partial charge in [0.05, 0.1) is 24.0 Å². The minimum atomic E-state index is -0.0480. The smallest absolute Gasteiger partial charge is 0.254 e. The number of hydrogen-bond donors (Lipinski definition) is 0. The fourth-order valence-electron chi connectivity index (χ4n) is 2.04. The number of carbonyl (C=O) groups is 1. The number of thiophene rings is 1. The SMILES string of the molecule is CCOc1cc(C(=O)N(C)Cc2ccc(Br)s2)ccc1OC. The van der Waals surface area contributed by atoms with Gasteiger partial charge >= 0.3 is 0 Å². The summed E-state index contributed by atoms with van der Waals surface area (Å²) in [7, 11) is 3.38. The summed E-state index contributed by atoms with van der Waals surface area (Å²) in [4.78, 5) is 15.4. The number of methoxy groups -OCH3 is 1. The highest BCUT2D eigenvalue weighted by molar-refractivity contribution is 9.11. The minimum Gasteiger partial charge on any atom is -0.493 e. The maximum Gasteiger partial charge on any atom is 0.254 e. The molecule has 0 fully saturated rings. The van der Waals surface area contributed by atoms with Gasteiger partial charge in [0.2, 0.25) is 0 Å². The number of halogens is 1. The second-order valence-corrected chi connectivity index (χ2v) is 7.21. The Hall–Kier alpha value is -1.53. The van der Waals surface area contributed by atoms with Gasteiger partial charge in [-0.15, -0.1) is 11.3 Å². The van der Waals surface area contributed by atoms with Crippen LogP contribution < -0.4 is 9.47 Å². The van der Waals surface area contributed by atoms with E-state index >= 15 is 0 Å². The molecule has 0 aliphatic carbocycles. The Labute approximate surface area is 142 Å². The third-order valence-corrected chi connectivity index (χ3v) is 4.69. The van der Waals surface area contributed by atoms with Gasteiger partial charge < -0.3 is 14.4 Å². The molecule has 0 unspecified atom stereocenters. The zero-order valence-corrected chi connectivity index (χ0v) is 15.2. The Morgan fingerprint density at radius 2 is 2.05 bits per heavy atom. The first kappa shape index (κ1) is 16.8. The average Bonchev–Trinajstić information content (AvgIpc) is 2.91. The molecule has 0 bridgehead atoms. The summed E-state index contributed by atoms with van der Waals surface area (Å²) in [6, 6.07) is 9.24. The topological polar surface area (TPSA) is 38.8 Å². The van der Waals surface area contributed by atoms with Crippen LogP contribution in [0.25, 0.3) is 0 Å². The van der Waals surface area contributed by atoms with Crippen molar-refractivity contribution in [2.45, 2.75) is 13.5 Å². The molecule has 1 aromatic heterocycles. The molecule has 22 heavy (non-hydrogen) atoms. The van der Waals surface area contributed by atoms with Crippen LogP contribution in [0.15, 0.2) is 34.1 Å². The van der Waals surface area contributed by atoms with Gasteiger partial charge in [-0.25, -0.2) is 0 Å². The summed E-state index contributed by atoms with van der Waals surface area (Å²) >= 11 is 5.06. The molecule has 1 amide bonds. The molecular formula is C16H18BrNO3S. The highest BCUT2D eigenvalue weighted by Gasteiger charge is 2.15. The maximum absolute atomic E-state index is 12.5. The van der Waals surface area contributed by atoms with Crippen molar-refractivity contribution in [1.82, 2.24) is 4.90 Å². The molecule has 1 aromatic carbocycles. The summed E-state index contributed by atoms with van der Waals surface area (Å²) < 4.78 is 11.8. The van der Waals surface area contributed by atoms with E-state index < -0.39 is 0 Å². The number of nitrogens with zero attached hydrogens (tertiary/aromatic N) is 1. The average molecular weight is 384 g/mol. The van der Waals surface area contributed by atoms with Gasteiger partial charge in [0.25, 0.3) is 5.91 Å². The predicted octanol–water partition coefficient (Wildman–Crippen LogP) is 4.19. The maximum atomic E-state index is 12.5. The number of benzene rings is 1. The molecule has 0 spiro atoms. The van der Waals surface area contributed by atoms with Crippen molar-refractivity contribution in [2.75, 3.05) is 20.8 Å². The highest BCUT2D eigenvalue weighted by Crippen LogP contribution is 2.29. The van der Waals surface area contributed by atoms with E-state index in [1.807, 2.05) is 19.1 Å². The molecule has 2 rings (SSSR count). The molecule has 2 aromatic rings. The lowest BCUT2D eigenvalue weighted by atomic mass is 10.1. The standard InChI is InChI=1S/C16H18BrNO3S/c1-4-21-14-9-11(5-7-13(14)20-3)16(19)18(2)10-12-6-8-15(17)22-12/h5-9H,4,10H2,1-3H3. The lowest BCUT2D eigenvalue weighted by Crippen LogP contribution is -2.25. The molecule has 0 saturated carbocycles. The number of rotatable bonds is 6. The van der Waals surface area contributed by atoms with Crippen LogP contribution in [0, 0.1) is 0 Å². The highest BCUT2D eigenvalue weighted by atomic mass is 79.9. The largest absolute Gasteiger partial charge is 0.493 e. The molecule has 6 heteroatoms. The van der Waals surface area contributed by atoms with Crippen molar-refractivity contribution in [3.05, 3.63) is 44.6 Å². The van der Waals surface area contributed by atoms with E-state index in [4.69, 9.17) is 9.47 Å². The Bertz CT molecular complexity index is 657. The van der Waals surface area contributed by atoms with E-state index in [-0.39, 0.29) is 5.91 Å². The van der Waals surface area contributed by atoms with E-state index in [2.05, 4.69) is 15.9 Å². The molecule has 0 N–H and O–H groups in total. The molecular weight excluding hydrogens is 366 g/mol. The van der Waals surface area contributed by atoms with Gasteiger partial charge in [0.15, 0.2) is 11.5 Å². The quantitative estimate of drug-likeness (QED) is 0.750. The van der Waals surface area contributed by atoms with Gasteiger partial charge in [0, 0.05) is 17.5 Å². The fraction of sp³-hybridized carbons (Fsp3) is 0.312. The zero-order chi connectivity index (χ0) is 16.1. The van der Waals surface area contributed by atoms with E-state index in [1.165, 1.54) is 0 Å². The lowest BCUT2D eigenvalue weighted by Gasteiger charge is -2.17. The molecule has 0 radical (unpaired) electrons. The van der Waals surface area contributed by atoms with Gasteiger partial charge in [-0.05, 0) is 53.2 Å². The molecule has 0 aliphatic heterocycles. The number of ether oxygens (including phenoxy) is 2. The Morgan fingerprint density at radius 1 is 1.27 bits per heavy atom. The number of carbonyl (C=O) groups excluding carboxylic acids is 1. The van der Waals surface area contributed by atoms with E-state index in [1.54, 1.807) is 48.6 Å². The van der Waals surface area contributed by atoms with Gasteiger partial charge in [-0.1, -0.05) is 0 Å². The summed E-state index contributed by atoms with van der Waals surface area (Å²) in [5, 5.41) is 0. The van der Waals surface area contributed by atoms with Crippen molar-refractivity contribution in [1.29, 1.82) is 0 Å². The Balaban J connectivity index is 2.15. The molecule has 0 aliphatic rings. The molecule has 0 atom stereocenters. The van der Waals surface area contributed by atoms with Crippen LogP contribution in [0.4, 0.5) is 0 Å². The number of amides is 1. The van der Waals surface area contributed by atoms with Crippen molar-refractivity contribution < 1.29 is 14.3 Å². The normalized spacial score (nSPS) is 10.4. The first-order chi connectivity index (χ1) is 10.5. The third-order valence-electron chi connectivity index (χ3n) is 3.08. The second-order valence-electron chi connectivity index (χ2n) is 4.67. The van der Waals surface area contributed by atoms with E-state index in [0.717, 1.165) is 8.66 Å². The van der Waals surface area contributed by atoms with Gasteiger partial charge in [-0.2, -0.15) is 0 Å². The zero-order valence-electron chi connectivity index (χ0n) is 12.8. The summed E-state index contributed by atoms with van der Waals surface area (Å²) in [6.07, 6.45) is 0. The predicted molar refractivity (Wildman–Crippen MR) is 92.0 cm³/mol. The number of hydrogen-bond acceptors (Lipinski definition) is 4. The van der Waals surface area contributed by atoms with Gasteiger partial charge in [-0.3, -0.25) is 4.79 Å². The molecule has 4 nitrogen and oxygen atoms in total. The van der Waals surface area contributed by atoms with Crippen molar-refractivity contribution >= 4 is 33.2 Å². The lowest BCUT2D eigenvalue weighted by molar-refractivity contribution is 0.0786. The second kappa shape index (κ2) is 7.65. The van der Waals surface area contributed by atoms with Crippen molar-refractivity contribution in [3.8, 4) is 11.5 Å². The monoisotopic (exact) mass is 383 g/mol. The van der Waals surface area contributed by atoms with Crippen LogP contribution in [-0.2, 0) is 6.54 Å². The van der Waals surface area contributed by atoms with E-state index in [9.17, 15) is 4.79 Å². The van der Waals surface area contributed by atoms with Crippen LogP contribution in [0.2, 0.25) is 0 Å². The fourth-order valence-corrected chi connectivity index (χ4v) is 3.58. The summed E-state index contributed by atoms with van der Waals surface area (Å²) in [5.74, 6) is 1.17. The van der Waals surface area contributed by atoms with Gasteiger partial charge in [0.1, 0.15) is 0 Å².